The van der Waals surface area contributed by atoms with Gasteiger partial charge in [0, 0.05) is 18.7 Å². The molecule has 104 valence electrons. The number of aliphatic hydroxyl groups excluding tert-OH is 1. The fraction of sp³-hybridized carbons (Fsp3) is 0.417. The maximum atomic E-state index is 11.3. The van der Waals surface area contributed by atoms with Crippen LogP contribution in [0, 0.1) is 10.1 Å². The van der Waals surface area contributed by atoms with Gasteiger partial charge in [0.25, 0.3) is 11.6 Å². The van der Waals surface area contributed by atoms with Crippen LogP contribution in [0.2, 0.25) is 0 Å². The van der Waals surface area contributed by atoms with Crippen molar-refractivity contribution in [2.24, 2.45) is 0 Å². The molecule has 0 spiro atoms. The SMILES string of the molecule is CC(O)CCNC(=O)COc1ccc([N+](=O)[O-])cc1. The smallest absolute Gasteiger partial charge is 0.269 e. The number of benzene rings is 1. The monoisotopic (exact) mass is 268 g/mol. The van der Waals surface area contributed by atoms with Gasteiger partial charge in [-0.05, 0) is 25.5 Å². The molecule has 0 radical (unpaired) electrons. The van der Waals surface area contributed by atoms with E-state index in [-0.39, 0.29) is 18.2 Å². The lowest BCUT2D eigenvalue weighted by atomic mass is 10.3. The lowest BCUT2D eigenvalue weighted by Crippen LogP contribution is -2.31. The zero-order valence-corrected chi connectivity index (χ0v) is 10.5. The Kier molecular flexibility index (Phi) is 5.74. The number of non-ortho nitro benzene ring substituents is 1. The van der Waals surface area contributed by atoms with E-state index in [1.165, 1.54) is 24.3 Å². The largest absolute Gasteiger partial charge is 0.484 e. The van der Waals surface area contributed by atoms with Gasteiger partial charge >= 0.3 is 0 Å². The van der Waals surface area contributed by atoms with Crippen molar-refractivity contribution in [2.45, 2.75) is 19.4 Å². The van der Waals surface area contributed by atoms with Crippen LogP contribution >= 0.6 is 0 Å². The molecule has 0 fully saturated rings. The van der Waals surface area contributed by atoms with Gasteiger partial charge in [0.1, 0.15) is 5.75 Å². The minimum Gasteiger partial charge on any atom is -0.484 e. The molecule has 0 saturated carbocycles. The molecule has 1 amide bonds. The van der Waals surface area contributed by atoms with Gasteiger partial charge in [0.05, 0.1) is 11.0 Å². The minimum absolute atomic E-state index is 0.0336. The quantitative estimate of drug-likeness (QED) is 0.564. The van der Waals surface area contributed by atoms with Crippen LogP contribution in [0.15, 0.2) is 24.3 Å². The fourth-order valence-electron chi connectivity index (χ4n) is 1.28. The van der Waals surface area contributed by atoms with Gasteiger partial charge in [0.2, 0.25) is 0 Å². The number of nitro groups is 1. The molecular formula is C12H16N2O5. The molecule has 0 aliphatic carbocycles. The van der Waals surface area contributed by atoms with Crippen LogP contribution in [0.25, 0.3) is 0 Å². The average Bonchev–Trinajstić information content (AvgIpc) is 2.36. The van der Waals surface area contributed by atoms with Crippen molar-refractivity contribution in [1.82, 2.24) is 5.32 Å². The van der Waals surface area contributed by atoms with Crippen LogP contribution in [0.3, 0.4) is 0 Å². The lowest BCUT2D eigenvalue weighted by Gasteiger charge is -2.08. The predicted molar refractivity (Wildman–Crippen MR) is 67.9 cm³/mol. The number of ether oxygens (including phenoxy) is 1. The van der Waals surface area contributed by atoms with Gasteiger partial charge in [-0.2, -0.15) is 0 Å². The van der Waals surface area contributed by atoms with Gasteiger partial charge in [0.15, 0.2) is 6.61 Å². The van der Waals surface area contributed by atoms with Crippen molar-refractivity contribution < 1.29 is 19.6 Å². The molecule has 0 aromatic heterocycles. The standard InChI is InChI=1S/C12H16N2O5/c1-9(15)6-7-13-12(16)8-19-11-4-2-10(3-5-11)14(17)18/h2-5,9,15H,6-8H2,1H3,(H,13,16). The molecule has 0 aliphatic rings. The Morgan fingerprint density at radius 1 is 1.47 bits per heavy atom. The van der Waals surface area contributed by atoms with Crippen molar-refractivity contribution in [3.63, 3.8) is 0 Å². The summed E-state index contributed by atoms with van der Waals surface area (Å²) in [7, 11) is 0. The van der Waals surface area contributed by atoms with Crippen LogP contribution in [-0.2, 0) is 4.79 Å². The van der Waals surface area contributed by atoms with Crippen LogP contribution in [0.1, 0.15) is 13.3 Å². The first-order valence-corrected chi connectivity index (χ1v) is 5.81. The van der Waals surface area contributed by atoms with E-state index in [4.69, 9.17) is 9.84 Å². The minimum atomic E-state index is -0.507. The van der Waals surface area contributed by atoms with Crippen LogP contribution in [0.4, 0.5) is 5.69 Å². The maximum absolute atomic E-state index is 11.3. The van der Waals surface area contributed by atoms with E-state index >= 15 is 0 Å². The van der Waals surface area contributed by atoms with Gasteiger partial charge in [-0.15, -0.1) is 0 Å². The first-order chi connectivity index (χ1) is 8.99. The van der Waals surface area contributed by atoms with Crippen LogP contribution in [-0.4, -0.2) is 35.2 Å². The highest BCUT2D eigenvalue weighted by atomic mass is 16.6. The molecule has 7 heteroatoms. The molecule has 1 rings (SSSR count). The van der Waals surface area contributed by atoms with Crippen molar-refractivity contribution in [3.05, 3.63) is 34.4 Å². The molecule has 1 unspecified atom stereocenters. The van der Waals surface area contributed by atoms with Crippen LogP contribution in [0.5, 0.6) is 5.75 Å². The van der Waals surface area contributed by atoms with Crippen LogP contribution < -0.4 is 10.1 Å². The van der Waals surface area contributed by atoms with E-state index in [0.717, 1.165) is 0 Å². The highest BCUT2D eigenvalue weighted by Gasteiger charge is 2.06. The maximum Gasteiger partial charge on any atom is 0.269 e. The first kappa shape index (κ1) is 14.9. The van der Waals surface area contributed by atoms with E-state index in [2.05, 4.69) is 5.32 Å². The number of nitrogens with one attached hydrogen (secondary N) is 1. The van der Waals surface area contributed by atoms with E-state index in [9.17, 15) is 14.9 Å². The molecule has 1 atom stereocenters. The topological polar surface area (TPSA) is 102 Å². The highest BCUT2D eigenvalue weighted by Crippen LogP contribution is 2.16. The third kappa shape index (κ3) is 5.82. The summed E-state index contributed by atoms with van der Waals surface area (Å²) in [6.07, 6.45) is 0.0133. The summed E-state index contributed by atoms with van der Waals surface area (Å²) in [4.78, 5) is 21.3. The third-order valence-corrected chi connectivity index (χ3v) is 2.30. The number of aliphatic hydroxyl groups is 1. The van der Waals surface area contributed by atoms with Crippen molar-refractivity contribution >= 4 is 11.6 Å². The van der Waals surface area contributed by atoms with Gasteiger partial charge in [-0.1, -0.05) is 0 Å². The van der Waals surface area contributed by atoms with Gasteiger partial charge < -0.3 is 15.2 Å². The zero-order valence-electron chi connectivity index (χ0n) is 10.5. The van der Waals surface area contributed by atoms with Gasteiger partial charge in [-0.3, -0.25) is 14.9 Å². The molecule has 19 heavy (non-hydrogen) atoms. The predicted octanol–water partition coefficient (Wildman–Crippen LogP) is 0.861. The zero-order chi connectivity index (χ0) is 14.3. The summed E-state index contributed by atoms with van der Waals surface area (Å²) in [5, 5.41) is 22.0. The summed E-state index contributed by atoms with van der Waals surface area (Å²) >= 11 is 0. The molecule has 1 aromatic rings. The van der Waals surface area contributed by atoms with E-state index < -0.39 is 11.0 Å². The average molecular weight is 268 g/mol. The second kappa shape index (κ2) is 7.32. The molecule has 0 aliphatic heterocycles. The summed E-state index contributed by atoms with van der Waals surface area (Å²) < 4.78 is 5.16. The molecular weight excluding hydrogens is 252 g/mol. The van der Waals surface area contributed by atoms with Crippen molar-refractivity contribution in [3.8, 4) is 5.75 Å². The first-order valence-electron chi connectivity index (χ1n) is 5.81. The molecule has 1 aromatic carbocycles. The fourth-order valence-corrected chi connectivity index (χ4v) is 1.28. The second-order valence-corrected chi connectivity index (χ2v) is 4.03. The number of carbonyl (C=O) groups is 1. The molecule has 2 N–H and O–H groups in total. The number of nitrogens with zero attached hydrogens (tertiary/aromatic N) is 1. The summed E-state index contributed by atoms with van der Waals surface area (Å²) in [5.74, 6) is 0.0790. The number of hydrogen-bond donors (Lipinski definition) is 2. The Balaban J connectivity index is 2.32. The Labute approximate surface area is 110 Å². The number of nitro benzene ring substituents is 1. The molecule has 0 saturated heterocycles. The van der Waals surface area contributed by atoms with Gasteiger partial charge in [-0.25, -0.2) is 0 Å². The Morgan fingerprint density at radius 2 is 2.11 bits per heavy atom. The summed E-state index contributed by atoms with van der Waals surface area (Å²) in [5.41, 5.74) is -0.0336. The number of carbonyl (C=O) groups excluding carboxylic acids is 1. The highest BCUT2D eigenvalue weighted by molar-refractivity contribution is 5.77. The molecule has 7 nitrogen and oxygen atoms in total. The second-order valence-electron chi connectivity index (χ2n) is 4.03. The Morgan fingerprint density at radius 3 is 2.63 bits per heavy atom. The summed E-state index contributed by atoms with van der Waals surface area (Å²) in [6.45, 7) is 1.84. The third-order valence-electron chi connectivity index (χ3n) is 2.30. The molecule has 0 bridgehead atoms. The van der Waals surface area contributed by atoms with E-state index in [1.807, 2.05) is 0 Å². The Hall–Kier alpha value is -2.15. The molecule has 0 heterocycles. The Bertz CT molecular complexity index is 430. The van der Waals surface area contributed by atoms with Crippen molar-refractivity contribution in [2.75, 3.05) is 13.2 Å². The van der Waals surface area contributed by atoms with E-state index in [1.54, 1.807) is 6.92 Å². The summed E-state index contributed by atoms with van der Waals surface area (Å²) in [6, 6.07) is 5.48. The normalized spacial score (nSPS) is 11.7. The number of hydrogen-bond acceptors (Lipinski definition) is 5. The van der Waals surface area contributed by atoms with Crippen molar-refractivity contribution in [1.29, 1.82) is 0 Å². The van der Waals surface area contributed by atoms with E-state index in [0.29, 0.717) is 18.7 Å². The number of rotatable bonds is 7. The number of amides is 1. The lowest BCUT2D eigenvalue weighted by molar-refractivity contribution is -0.384.